The number of benzene rings is 3. The van der Waals surface area contributed by atoms with E-state index in [0.717, 1.165) is 40.2 Å². The predicted molar refractivity (Wildman–Crippen MR) is 195 cm³/mol. The van der Waals surface area contributed by atoms with E-state index in [1.54, 1.807) is 43.9 Å². The molecule has 276 valence electrons. The zero-order valence-corrected chi connectivity index (χ0v) is 31.5. The van der Waals surface area contributed by atoms with Crippen LogP contribution >= 0.6 is 42.1 Å². The molecule has 10 nitrogen and oxygen atoms in total. The molecule has 2 aliphatic heterocycles. The molecule has 3 amide bonds. The number of ether oxygens (including phenoxy) is 1. The molecular weight excluding hydrogens is 758 g/mol. The number of fused-ring (bicyclic) bond motifs is 2. The van der Waals surface area contributed by atoms with Crippen LogP contribution in [-0.2, 0) is 37.5 Å². The van der Waals surface area contributed by atoms with Crippen LogP contribution in [0.1, 0.15) is 58.8 Å². The number of amides is 3. The lowest BCUT2D eigenvalue weighted by Crippen LogP contribution is -2.61. The van der Waals surface area contributed by atoms with Crippen LogP contribution in [0.2, 0.25) is 10.0 Å². The number of nitrogens with one attached hydrogen (secondary N) is 1. The molecule has 4 aromatic rings. The van der Waals surface area contributed by atoms with Gasteiger partial charge in [0.25, 0.3) is 5.91 Å². The second-order valence-corrected chi connectivity index (χ2v) is 17.5. The highest BCUT2D eigenvalue weighted by atomic mass is 35.5. The van der Waals surface area contributed by atoms with E-state index in [-0.39, 0.29) is 42.3 Å². The molecule has 3 atom stereocenters. The zero-order chi connectivity index (χ0) is 37.7. The molecule has 16 heteroatoms. The van der Waals surface area contributed by atoms with Gasteiger partial charge in [-0.25, -0.2) is 0 Å². The first kappa shape index (κ1) is 38.3. The molecule has 1 fully saturated rings. The van der Waals surface area contributed by atoms with Crippen molar-refractivity contribution in [1.82, 2.24) is 15.1 Å². The molecule has 6 rings (SSSR count). The Morgan fingerprint density at radius 2 is 1.71 bits per heavy atom. The number of halogens is 4. The van der Waals surface area contributed by atoms with Crippen molar-refractivity contribution in [3.63, 3.8) is 0 Å². The molecule has 1 unspecified atom stereocenters. The third-order valence-corrected chi connectivity index (χ3v) is 12.2. The van der Waals surface area contributed by atoms with E-state index in [1.165, 1.54) is 17.0 Å². The first-order chi connectivity index (χ1) is 24.3. The lowest BCUT2D eigenvalue weighted by atomic mass is 9.84. The fourth-order valence-corrected chi connectivity index (χ4v) is 8.21. The van der Waals surface area contributed by atoms with Crippen LogP contribution in [0.15, 0.2) is 66.7 Å². The summed E-state index contributed by atoms with van der Waals surface area (Å²) in [6, 6.07) is 15.2. The van der Waals surface area contributed by atoms with Crippen LogP contribution in [-0.4, -0.2) is 69.1 Å². The van der Waals surface area contributed by atoms with E-state index in [1.807, 2.05) is 24.3 Å². The normalized spacial score (nSPS) is 18.9. The highest BCUT2D eigenvalue weighted by Crippen LogP contribution is 2.59. The molecule has 0 bridgehead atoms. The lowest BCUT2D eigenvalue weighted by molar-refractivity contribution is -0.153. The van der Waals surface area contributed by atoms with Crippen LogP contribution in [0.4, 0.5) is 8.78 Å². The summed E-state index contributed by atoms with van der Waals surface area (Å²) in [5, 5.41) is 3.79. The number of carbonyl (C=O) groups excluding carboxylic acids is 3. The molecule has 3 heterocycles. The zero-order valence-electron chi connectivity index (χ0n) is 28.3. The molecule has 3 aromatic carbocycles. The number of hydrogen-bond donors (Lipinski definition) is 3. The smallest absolute Gasteiger partial charge is 0.370 e. The molecule has 1 aromatic heterocycles. The summed E-state index contributed by atoms with van der Waals surface area (Å²) in [4.78, 5) is 64.4. The standard InChI is InChI=1S/C36H36Cl2F2N3O7PS/c1-35(2,3)31(41-32(44)30-17-23-14-24(9-11-29(23)52-30)36(39,40)51(47,48)49)34(46)43-18-22-7-5-4-6-20(22)16-27(43)33(45)42-12-13-50-28(19-42)21-8-10-25(37)26(38)15-21/h4-11,14-15,17,27-28,31H,12-13,16,18-19H2,1-3H3,(H,41,44)(H2,47,48,49)/t27-,28?,31+/m0/s1. The first-order valence-corrected chi connectivity index (χ1v) is 19.5. The average Bonchev–Trinajstić information content (AvgIpc) is 3.53. The maximum absolute atomic E-state index is 14.6. The van der Waals surface area contributed by atoms with Crippen molar-refractivity contribution in [2.45, 2.75) is 57.6 Å². The highest BCUT2D eigenvalue weighted by molar-refractivity contribution is 7.52. The van der Waals surface area contributed by atoms with Crippen molar-refractivity contribution in [1.29, 1.82) is 0 Å². The fraction of sp³-hybridized carbons (Fsp3) is 0.361. The molecule has 0 radical (unpaired) electrons. The topological polar surface area (TPSA) is 136 Å². The van der Waals surface area contributed by atoms with Gasteiger partial charge >= 0.3 is 13.3 Å². The van der Waals surface area contributed by atoms with Gasteiger partial charge in [-0.15, -0.1) is 11.3 Å². The van der Waals surface area contributed by atoms with Crippen LogP contribution in [0.3, 0.4) is 0 Å². The minimum absolute atomic E-state index is 0.104. The number of alkyl halides is 2. The number of thiophene rings is 1. The monoisotopic (exact) mass is 793 g/mol. The van der Waals surface area contributed by atoms with Crippen LogP contribution < -0.4 is 5.32 Å². The van der Waals surface area contributed by atoms with E-state index in [4.69, 9.17) is 27.9 Å². The molecule has 1 saturated heterocycles. The van der Waals surface area contributed by atoms with Gasteiger partial charge in [0.15, 0.2) is 0 Å². The Morgan fingerprint density at radius 3 is 2.38 bits per heavy atom. The number of morpholine rings is 1. The Kier molecular flexibility index (Phi) is 10.6. The van der Waals surface area contributed by atoms with Gasteiger partial charge in [-0.2, -0.15) is 8.78 Å². The number of rotatable bonds is 7. The number of carbonyl (C=O) groups is 3. The Balaban J connectivity index is 1.27. The van der Waals surface area contributed by atoms with Crippen molar-refractivity contribution in [3.05, 3.63) is 104 Å². The van der Waals surface area contributed by atoms with Gasteiger partial charge in [-0.3, -0.25) is 18.9 Å². The van der Waals surface area contributed by atoms with Gasteiger partial charge in [0, 0.05) is 29.8 Å². The van der Waals surface area contributed by atoms with Crippen molar-refractivity contribution in [3.8, 4) is 0 Å². The van der Waals surface area contributed by atoms with Crippen molar-refractivity contribution in [2.75, 3.05) is 19.7 Å². The molecule has 0 aliphatic carbocycles. The Labute approximate surface area is 312 Å². The highest BCUT2D eigenvalue weighted by Gasteiger charge is 2.50. The van der Waals surface area contributed by atoms with Crippen molar-refractivity contribution in [2.24, 2.45) is 5.41 Å². The van der Waals surface area contributed by atoms with Gasteiger partial charge in [0.1, 0.15) is 18.2 Å². The van der Waals surface area contributed by atoms with Gasteiger partial charge in [-0.1, -0.05) is 80.4 Å². The van der Waals surface area contributed by atoms with E-state index >= 15 is 0 Å². The molecule has 0 saturated carbocycles. The van der Waals surface area contributed by atoms with Gasteiger partial charge < -0.3 is 29.6 Å². The third-order valence-electron chi connectivity index (χ3n) is 9.35. The summed E-state index contributed by atoms with van der Waals surface area (Å²) < 4.78 is 46.7. The maximum atomic E-state index is 14.6. The maximum Gasteiger partial charge on any atom is 0.399 e. The van der Waals surface area contributed by atoms with E-state index in [2.05, 4.69) is 5.32 Å². The van der Waals surface area contributed by atoms with E-state index in [9.17, 15) is 37.5 Å². The second kappa shape index (κ2) is 14.4. The second-order valence-electron chi connectivity index (χ2n) is 14.0. The third kappa shape index (κ3) is 7.64. The average molecular weight is 795 g/mol. The first-order valence-electron chi connectivity index (χ1n) is 16.4. The number of hydrogen-bond acceptors (Lipinski definition) is 6. The SMILES string of the molecule is CC(C)(C)[C@H](NC(=O)c1cc2cc(C(F)(F)P(=O)(O)O)ccc2s1)C(=O)N1Cc2ccccc2C[C@H]1C(=O)N1CCOC(c2ccc(Cl)c(Cl)c2)C1. The Morgan fingerprint density at radius 1 is 1.00 bits per heavy atom. The number of nitrogens with zero attached hydrogens (tertiary/aromatic N) is 2. The molecule has 0 spiro atoms. The minimum atomic E-state index is -5.80. The summed E-state index contributed by atoms with van der Waals surface area (Å²) in [5.74, 6) is -1.37. The van der Waals surface area contributed by atoms with Crippen LogP contribution in [0.25, 0.3) is 10.1 Å². The molecule has 52 heavy (non-hydrogen) atoms. The van der Waals surface area contributed by atoms with E-state index in [0.29, 0.717) is 21.3 Å². The fourth-order valence-electron chi connectivity index (χ4n) is 6.48. The van der Waals surface area contributed by atoms with Crippen molar-refractivity contribution < 1.29 is 42.3 Å². The predicted octanol–water partition coefficient (Wildman–Crippen LogP) is 7.13. The summed E-state index contributed by atoms with van der Waals surface area (Å²) in [6.45, 7) is 6.30. The molecule has 3 N–H and O–H groups in total. The quantitative estimate of drug-likeness (QED) is 0.169. The summed E-state index contributed by atoms with van der Waals surface area (Å²) in [5.41, 5.74) is -3.55. The molecular formula is C36H36Cl2F2N3O7PS. The van der Waals surface area contributed by atoms with Gasteiger partial charge in [0.05, 0.1) is 28.1 Å². The Hall–Kier alpha value is -3.42. The van der Waals surface area contributed by atoms with Crippen LogP contribution in [0.5, 0.6) is 0 Å². The molecule has 2 aliphatic rings. The largest absolute Gasteiger partial charge is 0.399 e. The summed E-state index contributed by atoms with van der Waals surface area (Å²) in [7, 11) is -5.80. The van der Waals surface area contributed by atoms with E-state index < -0.39 is 54.2 Å². The summed E-state index contributed by atoms with van der Waals surface area (Å²) in [6.07, 6.45) is -0.201. The minimum Gasteiger partial charge on any atom is -0.370 e. The van der Waals surface area contributed by atoms with Crippen molar-refractivity contribution >= 4 is 69.9 Å². The Bertz CT molecular complexity index is 2100. The lowest BCUT2D eigenvalue weighted by Gasteiger charge is -2.43. The summed E-state index contributed by atoms with van der Waals surface area (Å²) >= 11 is 13.4. The van der Waals surface area contributed by atoms with Gasteiger partial charge in [-0.05, 0) is 57.8 Å². The van der Waals surface area contributed by atoms with Crippen LogP contribution in [0, 0.1) is 5.41 Å². The van der Waals surface area contributed by atoms with Gasteiger partial charge in [0.2, 0.25) is 11.8 Å².